The molecule has 9 heteroatoms. The van der Waals surface area contributed by atoms with E-state index in [0.717, 1.165) is 23.7 Å². The number of nitrogens with zero attached hydrogens (tertiary/aromatic N) is 2. The van der Waals surface area contributed by atoms with Gasteiger partial charge in [0.25, 0.3) is 0 Å². The van der Waals surface area contributed by atoms with Crippen LogP contribution in [0.3, 0.4) is 0 Å². The van der Waals surface area contributed by atoms with Gasteiger partial charge >= 0.3 is 5.97 Å². The first-order valence-electron chi connectivity index (χ1n) is 9.37. The Kier molecular flexibility index (Phi) is 5.97. The van der Waals surface area contributed by atoms with Crippen molar-refractivity contribution in [3.63, 3.8) is 0 Å². The molecule has 4 rings (SSSR count). The van der Waals surface area contributed by atoms with Crippen LogP contribution >= 0.6 is 23.2 Å². The summed E-state index contributed by atoms with van der Waals surface area (Å²) < 4.78 is 32.3. The van der Waals surface area contributed by atoms with Gasteiger partial charge in [0.1, 0.15) is 11.8 Å². The van der Waals surface area contributed by atoms with Gasteiger partial charge in [-0.1, -0.05) is 41.4 Å². The molecule has 6 nitrogen and oxygen atoms in total. The predicted molar refractivity (Wildman–Crippen MR) is 115 cm³/mol. The summed E-state index contributed by atoms with van der Waals surface area (Å²) >= 11 is 12.4. The molecule has 0 amide bonds. The van der Waals surface area contributed by atoms with Crippen LogP contribution in [0.1, 0.15) is 28.8 Å². The lowest BCUT2D eigenvalue weighted by Crippen LogP contribution is -2.28. The number of fused-ring (bicyclic) bond motifs is 1. The topological polar surface area (TPSA) is 76.6 Å². The molecule has 1 saturated heterocycles. The maximum atomic E-state index is 12.8. The van der Waals surface area contributed by atoms with Crippen molar-refractivity contribution in [1.82, 2.24) is 9.29 Å². The molecule has 1 aliphatic rings. The molecule has 0 N–H and O–H groups in total. The maximum Gasteiger partial charge on any atom is 0.340 e. The Labute approximate surface area is 184 Å². The number of carbonyl (C=O) groups excluding carboxylic acids is 1. The van der Waals surface area contributed by atoms with E-state index >= 15 is 0 Å². The van der Waals surface area contributed by atoms with Gasteiger partial charge in [0.05, 0.1) is 21.0 Å². The van der Waals surface area contributed by atoms with Crippen molar-refractivity contribution in [3.05, 3.63) is 69.8 Å². The number of hydrogen-bond acceptors (Lipinski definition) is 5. The number of halogens is 2. The van der Waals surface area contributed by atoms with Crippen molar-refractivity contribution in [1.29, 1.82) is 0 Å². The van der Waals surface area contributed by atoms with Crippen LogP contribution in [-0.4, -0.2) is 36.8 Å². The summed E-state index contributed by atoms with van der Waals surface area (Å²) in [5.41, 5.74) is 1.27. The molecule has 1 aliphatic heterocycles. The second kappa shape index (κ2) is 8.51. The highest BCUT2D eigenvalue weighted by Crippen LogP contribution is 2.27. The Hall–Kier alpha value is -2.19. The fourth-order valence-electron chi connectivity index (χ4n) is 3.36. The summed E-state index contributed by atoms with van der Waals surface area (Å²) in [6.45, 7) is 0.825. The SMILES string of the molecule is O=C(OCc1cc2ccccc2nc1Cl)c1cc(S(=O)(=O)N2CCCC2)ccc1Cl. The lowest BCUT2D eigenvalue weighted by atomic mass is 10.1. The van der Waals surface area contributed by atoms with Crippen molar-refractivity contribution in [2.45, 2.75) is 24.3 Å². The lowest BCUT2D eigenvalue weighted by molar-refractivity contribution is 0.0472. The van der Waals surface area contributed by atoms with Gasteiger partial charge in [0.15, 0.2) is 0 Å². The largest absolute Gasteiger partial charge is 0.457 e. The minimum atomic E-state index is -3.67. The van der Waals surface area contributed by atoms with Crippen LogP contribution in [0.5, 0.6) is 0 Å². The molecule has 0 atom stereocenters. The summed E-state index contributed by atoms with van der Waals surface area (Å²) in [7, 11) is -3.67. The molecular formula is C21H18Cl2N2O4S. The van der Waals surface area contributed by atoms with Crippen LogP contribution in [0.25, 0.3) is 10.9 Å². The highest BCUT2D eigenvalue weighted by Gasteiger charge is 2.28. The van der Waals surface area contributed by atoms with Crippen molar-refractivity contribution in [2.24, 2.45) is 0 Å². The highest BCUT2D eigenvalue weighted by atomic mass is 35.5. The monoisotopic (exact) mass is 464 g/mol. The van der Waals surface area contributed by atoms with E-state index in [1.54, 1.807) is 6.07 Å². The van der Waals surface area contributed by atoms with Crippen LogP contribution in [0.15, 0.2) is 53.4 Å². The summed E-state index contributed by atoms with van der Waals surface area (Å²) in [4.78, 5) is 17.0. The molecular weight excluding hydrogens is 447 g/mol. The third kappa shape index (κ3) is 4.16. The molecule has 3 aromatic rings. The first kappa shape index (κ1) is 21.1. The van der Waals surface area contributed by atoms with E-state index in [2.05, 4.69) is 4.98 Å². The third-order valence-electron chi connectivity index (χ3n) is 4.97. The zero-order valence-electron chi connectivity index (χ0n) is 15.8. The van der Waals surface area contributed by atoms with Gasteiger partial charge in [-0.05, 0) is 43.2 Å². The minimum Gasteiger partial charge on any atom is -0.457 e. The molecule has 156 valence electrons. The van der Waals surface area contributed by atoms with E-state index in [1.807, 2.05) is 24.3 Å². The molecule has 0 saturated carbocycles. The average molecular weight is 465 g/mol. The van der Waals surface area contributed by atoms with Crippen molar-refractivity contribution < 1.29 is 17.9 Å². The third-order valence-corrected chi connectivity index (χ3v) is 7.52. The quantitative estimate of drug-likeness (QED) is 0.404. The Morgan fingerprint density at radius 2 is 1.80 bits per heavy atom. The number of pyridine rings is 1. The molecule has 0 aliphatic carbocycles. The van der Waals surface area contributed by atoms with Gasteiger partial charge in [-0.3, -0.25) is 0 Å². The van der Waals surface area contributed by atoms with Crippen molar-refractivity contribution in [3.8, 4) is 0 Å². The maximum absolute atomic E-state index is 12.8. The van der Waals surface area contributed by atoms with Gasteiger partial charge in [-0.2, -0.15) is 4.31 Å². The Balaban J connectivity index is 1.56. The van der Waals surface area contributed by atoms with Gasteiger partial charge in [0, 0.05) is 24.0 Å². The number of aromatic nitrogens is 1. The van der Waals surface area contributed by atoms with E-state index in [-0.39, 0.29) is 27.2 Å². The number of ether oxygens (including phenoxy) is 1. The van der Waals surface area contributed by atoms with Crippen molar-refractivity contribution >= 4 is 50.1 Å². The minimum absolute atomic E-state index is 0.0122. The van der Waals surface area contributed by atoms with Crippen LogP contribution in [-0.2, 0) is 21.4 Å². The lowest BCUT2D eigenvalue weighted by Gasteiger charge is -2.16. The average Bonchev–Trinajstić information content (AvgIpc) is 3.28. The second-order valence-electron chi connectivity index (χ2n) is 6.96. The van der Waals surface area contributed by atoms with Gasteiger partial charge in [-0.15, -0.1) is 0 Å². The van der Waals surface area contributed by atoms with Crippen LogP contribution in [0.4, 0.5) is 0 Å². The fourth-order valence-corrected chi connectivity index (χ4v) is 5.30. The van der Waals surface area contributed by atoms with Gasteiger partial charge in [0.2, 0.25) is 10.0 Å². The number of benzene rings is 2. The number of esters is 1. The van der Waals surface area contributed by atoms with E-state index < -0.39 is 16.0 Å². The molecule has 0 radical (unpaired) electrons. The van der Waals surface area contributed by atoms with Crippen LogP contribution in [0.2, 0.25) is 10.2 Å². The Morgan fingerprint density at radius 1 is 1.07 bits per heavy atom. The molecule has 30 heavy (non-hydrogen) atoms. The smallest absolute Gasteiger partial charge is 0.340 e. The first-order chi connectivity index (χ1) is 14.4. The fraction of sp³-hybridized carbons (Fsp3) is 0.238. The highest BCUT2D eigenvalue weighted by molar-refractivity contribution is 7.89. The second-order valence-corrected chi connectivity index (χ2v) is 9.66. The zero-order valence-corrected chi connectivity index (χ0v) is 18.2. The molecule has 0 spiro atoms. The molecule has 0 bridgehead atoms. The van der Waals surface area contributed by atoms with Crippen molar-refractivity contribution in [2.75, 3.05) is 13.1 Å². The van der Waals surface area contributed by atoms with Gasteiger partial charge < -0.3 is 4.74 Å². The first-order valence-corrected chi connectivity index (χ1v) is 11.6. The number of para-hydroxylation sites is 1. The number of rotatable bonds is 5. The van der Waals surface area contributed by atoms with E-state index in [4.69, 9.17) is 27.9 Å². The van der Waals surface area contributed by atoms with Crippen LogP contribution in [0, 0.1) is 0 Å². The molecule has 0 unspecified atom stereocenters. The summed E-state index contributed by atoms with van der Waals surface area (Å²) in [6.07, 6.45) is 1.64. The Morgan fingerprint density at radius 3 is 2.57 bits per heavy atom. The number of sulfonamides is 1. The standard InChI is InChI=1S/C21H18Cl2N2O4S/c22-18-8-7-16(30(27,28)25-9-3-4-10-25)12-17(18)21(26)29-13-15-11-14-5-1-2-6-19(14)24-20(15)23/h1-2,5-8,11-12H,3-4,9-10,13H2. The molecule has 1 fully saturated rings. The number of hydrogen-bond donors (Lipinski definition) is 0. The summed E-state index contributed by atoms with van der Waals surface area (Å²) in [6, 6.07) is 13.3. The van der Waals surface area contributed by atoms with E-state index in [9.17, 15) is 13.2 Å². The van der Waals surface area contributed by atoms with E-state index in [0.29, 0.717) is 18.7 Å². The predicted octanol–water partition coefficient (Wildman–Crippen LogP) is 4.68. The van der Waals surface area contributed by atoms with Crippen LogP contribution < -0.4 is 0 Å². The number of carbonyl (C=O) groups is 1. The Bertz CT molecular complexity index is 1220. The molecule has 1 aromatic heterocycles. The summed E-state index contributed by atoms with van der Waals surface area (Å²) in [5, 5.41) is 1.21. The molecule has 2 heterocycles. The normalized spacial score (nSPS) is 14.9. The summed E-state index contributed by atoms with van der Waals surface area (Å²) in [5.74, 6) is -0.734. The van der Waals surface area contributed by atoms with Gasteiger partial charge in [-0.25, -0.2) is 18.2 Å². The molecule has 2 aromatic carbocycles. The zero-order chi connectivity index (χ0) is 21.3. The van der Waals surface area contributed by atoms with E-state index in [1.165, 1.54) is 22.5 Å².